The molecule has 0 radical (unpaired) electrons. The number of carbonyl (C=O) groups is 1. The third-order valence-corrected chi connectivity index (χ3v) is 3.08. The zero-order valence-electron chi connectivity index (χ0n) is 10.4. The Labute approximate surface area is 111 Å². The molecule has 0 atom stereocenters. The highest BCUT2D eigenvalue weighted by Crippen LogP contribution is 2.23. The molecule has 3 aromatic rings. The van der Waals surface area contributed by atoms with Gasteiger partial charge in [0.25, 0.3) is 0 Å². The lowest BCUT2D eigenvalue weighted by Gasteiger charge is -1.96. The number of hydrogen-bond donors (Lipinski definition) is 2. The zero-order chi connectivity index (χ0) is 14.4. The van der Waals surface area contributed by atoms with E-state index in [4.69, 9.17) is 4.42 Å². The second kappa shape index (κ2) is 4.06. The fraction of sp³-hybridized carbons (Fsp3) is 0.0714. The lowest BCUT2D eigenvalue weighted by molar-refractivity contribution is 0.0699. The average molecular weight is 271 g/mol. The minimum absolute atomic E-state index is 0.0169. The molecule has 0 saturated heterocycles. The molecule has 2 heterocycles. The van der Waals surface area contributed by atoms with Crippen molar-refractivity contribution in [2.24, 2.45) is 0 Å². The van der Waals surface area contributed by atoms with Gasteiger partial charge in [0, 0.05) is 23.7 Å². The van der Waals surface area contributed by atoms with Gasteiger partial charge in [-0.3, -0.25) is 9.59 Å². The molecule has 0 unspecified atom stereocenters. The molecule has 6 nitrogen and oxygen atoms in total. The van der Waals surface area contributed by atoms with Crippen LogP contribution in [0, 0.1) is 6.92 Å². The van der Waals surface area contributed by atoms with E-state index in [9.17, 15) is 19.5 Å². The third-order valence-electron chi connectivity index (χ3n) is 3.08. The normalized spacial score (nSPS) is 11.1. The summed E-state index contributed by atoms with van der Waals surface area (Å²) in [4.78, 5) is 38.2. The Kier molecular flexibility index (Phi) is 2.47. The molecular weight excluding hydrogens is 262 g/mol. The second-order valence-corrected chi connectivity index (χ2v) is 4.42. The van der Waals surface area contributed by atoms with Crippen molar-refractivity contribution >= 4 is 27.8 Å². The second-order valence-electron chi connectivity index (χ2n) is 4.42. The van der Waals surface area contributed by atoms with Crippen molar-refractivity contribution in [3.05, 3.63) is 56.2 Å². The van der Waals surface area contributed by atoms with Gasteiger partial charge in [0.1, 0.15) is 5.76 Å². The number of aromatic carboxylic acids is 1. The molecule has 100 valence electrons. The van der Waals surface area contributed by atoms with Crippen LogP contribution in [0.1, 0.15) is 16.1 Å². The minimum Gasteiger partial charge on any atom is -0.478 e. The molecule has 0 fully saturated rings. The van der Waals surface area contributed by atoms with Crippen LogP contribution < -0.4 is 10.9 Å². The number of nitrogens with one attached hydrogen (secondary N) is 1. The third kappa shape index (κ3) is 1.62. The first-order valence-corrected chi connectivity index (χ1v) is 5.81. The van der Waals surface area contributed by atoms with E-state index < -0.39 is 11.4 Å². The van der Waals surface area contributed by atoms with E-state index in [0.717, 1.165) is 6.07 Å². The molecule has 0 aliphatic carbocycles. The summed E-state index contributed by atoms with van der Waals surface area (Å²) in [6.07, 6.45) is 1.35. The molecule has 6 heteroatoms. The first-order valence-electron chi connectivity index (χ1n) is 5.81. The van der Waals surface area contributed by atoms with E-state index in [1.807, 2.05) is 0 Å². The van der Waals surface area contributed by atoms with Crippen molar-refractivity contribution in [2.75, 3.05) is 0 Å². The summed E-state index contributed by atoms with van der Waals surface area (Å²) in [5.74, 6) is -0.812. The summed E-state index contributed by atoms with van der Waals surface area (Å²) in [5.41, 5.74) is -1.11. The highest BCUT2D eigenvalue weighted by molar-refractivity contribution is 6.10. The molecule has 1 aromatic carbocycles. The number of aromatic amines is 1. The molecular formula is C14H9NO5. The number of aryl methyl sites for hydroxylation is 1. The predicted molar refractivity (Wildman–Crippen MR) is 72.3 cm³/mol. The van der Waals surface area contributed by atoms with Gasteiger partial charge in [-0.25, -0.2) is 4.79 Å². The SMILES string of the molecule is Cc1cc2c(o1)c(=O)cc(C(=O)O)c1[nH]ccc(=O)c12. The molecule has 20 heavy (non-hydrogen) atoms. The Balaban J connectivity index is 2.80. The van der Waals surface area contributed by atoms with Crippen molar-refractivity contribution in [1.29, 1.82) is 0 Å². The number of pyridine rings is 1. The largest absolute Gasteiger partial charge is 0.478 e. The Morgan fingerprint density at radius 2 is 2.00 bits per heavy atom. The zero-order valence-corrected chi connectivity index (χ0v) is 10.4. The topological polar surface area (TPSA) is 100 Å². The van der Waals surface area contributed by atoms with Gasteiger partial charge in [0.2, 0.25) is 5.43 Å². The molecule has 3 rings (SSSR count). The first-order chi connectivity index (χ1) is 9.49. The number of carboxylic acids is 1. The van der Waals surface area contributed by atoms with E-state index in [-0.39, 0.29) is 27.5 Å². The monoisotopic (exact) mass is 271 g/mol. The van der Waals surface area contributed by atoms with Crippen molar-refractivity contribution in [3.63, 3.8) is 0 Å². The summed E-state index contributed by atoms with van der Waals surface area (Å²) >= 11 is 0. The lowest BCUT2D eigenvalue weighted by atomic mass is 10.1. The van der Waals surface area contributed by atoms with Gasteiger partial charge in [0.05, 0.1) is 16.5 Å². The van der Waals surface area contributed by atoms with Gasteiger partial charge < -0.3 is 14.5 Å². The van der Waals surface area contributed by atoms with E-state index in [1.54, 1.807) is 13.0 Å². The number of fused-ring (bicyclic) bond motifs is 3. The maximum absolute atomic E-state index is 12.1. The van der Waals surface area contributed by atoms with Gasteiger partial charge in [-0.1, -0.05) is 0 Å². The Bertz CT molecular complexity index is 980. The van der Waals surface area contributed by atoms with Crippen LogP contribution in [0.3, 0.4) is 0 Å². The molecule has 0 aliphatic heterocycles. The van der Waals surface area contributed by atoms with Crippen molar-refractivity contribution < 1.29 is 14.3 Å². The predicted octanol–water partition coefficient (Wildman–Crippen LogP) is 1.64. The molecule has 2 N–H and O–H groups in total. The number of furan rings is 1. The van der Waals surface area contributed by atoms with E-state index in [0.29, 0.717) is 11.1 Å². The van der Waals surface area contributed by atoms with E-state index in [1.165, 1.54) is 12.3 Å². The van der Waals surface area contributed by atoms with Crippen LogP contribution in [0.15, 0.2) is 38.4 Å². The van der Waals surface area contributed by atoms with Crippen LogP contribution in [0.2, 0.25) is 0 Å². The number of hydrogen-bond acceptors (Lipinski definition) is 4. The number of aromatic nitrogens is 1. The molecule has 2 aromatic heterocycles. The quantitative estimate of drug-likeness (QED) is 0.700. The number of rotatable bonds is 1. The van der Waals surface area contributed by atoms with Crippen LogP contribution in [0.4, 0.5) is 0 Å². The summed E-state index contributed by atoms with van der Waals surface area (Å²) in [5, 5.41) is 9.67. The molecule has 0 bridgehead atoms. The Morgan fingerprint density at radius 3 is 2.70 bits per heavy atom. The van der Waals surface area contributed by atoms with Gasteiger partial charge in [0.15, 0.2) is 11.0 Å². The minimum atomic E-state index is -1.29. The average Bonchev–Trinajstić information content (AvgIpc) is 2.72. The summed E-state index contributed by atoms with van der Waals surface area (Å²) in [6, 6.07) is 3.80. The fourth-order valence-electron chi connectivity index (χ4n) is 2.28. The molecule has 0 aliphatic rings. The summed E-state index contributed by atoms with van der Waals surface area (Å²) in [6.45, 7) is 1.65. The number of H-pyrrole nitrogens is 1. The Morgan fingerprint density at radius 1 is 1.25 bits per heavy atom. The van der Waals surface area contributed by atoms with Crippen molar-refractivity contribution in [1.82, 2.24) is 4.98 Å². The van der Waals surface area contributed by atoms with Crippen molar-refractivity contribution in [3.8, 4) is 0 Å². The smallest absolute Gasteiger partial charge is 0.337 e. The summed E-state index contributed by atoms with van der Waals surface area (Å²) in [7, 11) is 0. The molecule has 0 amide bonds. The van der Waals surface area contributed by atoms with E-state index in [2.05, 4.69) is 4.98 Å². The van der Waals surface area contributed by atoms with Crippen LogP contribution >= 0.6 is 0 Å². The van der Waals surface area contributed by atoms with Gasteiger partial charge in [-0.2, -0.15) is 0 Å². The maximum Gasteiger partial charge on any atom is 0.337 e. The highest BCUT2D eigenvalue weighted by atomic mass is 16.4. The van der Waals surface area contributed by atoms with E-state index >= 15 is 0 Å². The first kappa shape index (κ1) is 12.2. The van der Waals surface area contributed by atoms with Crippen LogP contribution in [-0.2, 0) is 0 Å². The molecule has 0 saturated carbocycles. The maximum atomic E-state index is 12.1. The highest BCUT2D eigenvalue weighted by Gasteiger charge is 2.16. The van der Waals surface area contributed by atoms with Crippen LogP contribution in [0.5, 0.6) is 0 Å². The van der Waals surface area contributed by atoms with Gasteiger partial charge in [-0.05, 0) is 13.0 Å². The Hall–Kier alpha value is -2.89. The summed E-state index contributed by atoms with van der Waals surface area (Å²) < 4.78 is 5.30. The fourth-order valence-corrected chi connectivity index (χ4v) is 2.28. The molecule has 0 spiro atoms. The standard InChI is InChI=1S/C14H9NO5/c1-6-4-7-11-9(16)2-3-15-12(11)8(14(18)19)5-10(17)13(7)20-6/h2-5H,1H3,(H,15,16)(H,18,19). The van der Waals surface area contributed by atoms with Crippen LogP contribution in [0.25, 0.3) is 21.9 Å². The number of carboxylic acid groups (broad SMARTS) is 1. The van der Waals surface area contributed by atoms with Gasteiger partial charge in [-0.15, -0.1) is 0 Å². The van der Waals surface area contributed by atoms with Crippen LogP contribution in [-0.4, -0.2) is 16.1 Å². The van der Waals surface area contributed by atoms with Gasteiger partial charge >= 0.3 is 5.97 Å². The lowest BCUT2D eigenvalue weighted by Crippen LogP contribution is -2.04. The van der Waals surface area contributed by atoms with Crippen molar-refractivity contribution in [2.45, 2.75) is 6.92 Å².